The Morgan fingerprint density at radius 3 is 2.84 bits per heavy atom. The van der Waals surface area contributed by atoms with Crippen LogP contribution in [-0.2, 0) is 11.2 Å². The van der Waals surface area contributed by atoms with E-state index in [4.69, 9.17) is 11.6 Å². The smallest absolute Gasteiger partial charge is 0.228 e. The normalized spacial score (nSPS) is 25.3. The highest BCUT2D eigenvalue weighted by Gasteiger charge is 2.32. The molecule has 3 rings (SSSR count). The Kier molecular flexibility index (Phi) is 3.09. The lowest BCUT2D eigenvalue weighted by atomic mass is 9.89. The van der Waals surface area contributed by atoms with Crippen molar-refractivity contribution < 1.29 is 9.59 Å². The monoisotopic (exact) mass is 277 g/mol. The van der Waals surface area contributed by atoms with Gasteiger partial charge < -0.3 is 5.32 Å². The fraction of sp³-hybridized carbons (Fsp3) is 0.467. The number of hydrogen-bond donors (Lipinski definition) is 1. The molecule has 1 amide bonds. The molecule has 1 saturated carbocycles. The van der Waals surface area contributed by atoms with Gasteiger partial charge in [0.15, 0.2) is 5.78 Å². The van der Waals surface area contributed by atoms with Gasteiger partial charge in [-0.3, -0.25) is 9.59 Å². The van der Waals surface area contributed by atoms with Crippen LogP contribution in [0.5, 0.6) is 0 Å². The maximum absolute atomic E-state index is 12.6. The van der Waals surface area contributed by atoms with Gasteiger partial charge in [-0.1, -0.05) is 24.9 Å². The third-order valence-electron chi connectivity index (χ3n) is 4.28. The average Bonchev–Trinajstić information content (AvgIpc) is 2.92. The lowest BCUT2D eigenvalue weighted by Crippen LogP contribution is -2.17. The zero-order valence-corrected chi connectivity index (χ0v) is 11.6. The summed E-state index contributed by atoms with van der Waals surface area (Å²) < 4.78 is 0. The summed E-state index contributed by atoms with van der Waals surface area (Å²) in [6.07, 6.45) is 3.51. The lowest BCUT2D eigenvalue weighted by molar-refractivity contribution is -0.115. The van der Waals surface area contributed by atoms with Gasteiger partial charge in [0.05, 0.1) is 11.4 Å². The predicted octanol–water partition coefficient (Wildman–Crippen LogP) is 3.45. The number of nitrogens with one attached hydrogen (secondary N) is 1. The molecule has 1 aromatic rings. The first kappa shape index (κ1) is 12.7. The summed E-state index contributed by atoms with van der Waals surface area (Å²) in [5, 5.41) is 3.20. The zero-order valence-electron chi connectivity index (χ0n) is 10.8. The highest BCUT2D eigenvalue weighted by molar-refractivity contribution is 6.34. The first-order valence-electron chi connectivity index (χ1n) is 6.72. The number of hydrogen-bond acceptors (Lipinski definition) is 2. The van der Waals surface area contributed by atoms with E-state index in [1.54, 1.807) is 12.1 Å². The van der Waals surface area contributed by atoms with Gasteiger partial charge in [0.2, 0.25) is 5.91 Å². The summed E-state index contributed by atoms with van der Waals surface area (Å²) in [7, 11) is 0. The minimum absolute atomic E-state index is 0.0371. The van der Waals surface area contributed by atoms with Gasteiger partial charge in [-0.2, -0.15) is 0 Å². The van der Waals surface area contributed by atoms with Crippen molar-refractivity contribution >= 4 is 29.0 Å². The molecule has 0 aromatic heterocycles. The first-order chi connectivity index (χ1) is 9.06. The molecule has 0 radical (unpaired) electrons. The highest BCUT2D eigenvalue weighted by atomic mass is 35.5. The summed E-state index contributed by atoms with van der Waals surface area (Å²) in [5.41, 5.74) is 2.20. The van der Waals surface area contributed by atoms with Crippen LogP contribution in [0, 0.1) is 11.8 Å². The Morgan fingerprint density at radius 2 is 2.16 bits per heavy atom. The van der Waals surface area contributed by atoms with Crippen molar-refractivity contribution in [3.05, 3.63) is 28.3 Å². The SMILES string of the molecule is CC1CCCC1C(=O)c1cc2c(cc1Cl)NC(=O)C2. The van der Waals surface area contributed by atoms with E-state index in [0.29, 0.717) is 22.9 Å². The predicted molar refractivity (Wildman–Crippen MR) is 74.6 cm³/mol. The molecule has 19 heavy (non-hydrogen) atoms. The van der Waals surface area contributed by atoms with E-state index in [2.05, 4.69) is 12.2 Å². The van der Waals surface area contributed by atoms with Gasteiger partial charge >= 0.3 is 0 Å². The van der Waals surface area contributed by atoms with E-state index in [-0.39, 0.29) is 17.6 Å². The van der Waals surface area contributed by atoms with Gasteiger partial charge in [0.25, 0.3) is 0 Å². The lowest BCUT2D eigenvalue weighted by Gasteiger charge is -2.15. The summed E-state index contributed by atoms with van der Waals surface area (Å²) in [6, 6.07) is 3.50. The molecule has 2 atom stereocenters. The Hall–Kier alpha value is -1.35. The Labute approximate surface area is 117 Å². The van der Waals surface area contributed by atoms with Crippen molar-refractivity contribution in [2.75, 3.05) is 5.32 Å². The van der Waals surface area contributed by atoms with Gasteiger partial charge in [0, 0.05) is 17.2 Å². The second kappa shape index (κ2) is 4.64. The third kappa shape index (κ3) is 2.16. The molecule has 1 aromatic carbocycles. The minimum Gasteiger partial charge on any atom is -0.325 e. The topological polar surface area (TPSA) is 46.2 Å². The second-order valence-electron chi connectivity index (χ2n) is 5.59. The van der Waals surface area contributed by atoms with Gasteiger partial charge in [-0.25, -0.2) is 0 Å². The zero-order chi connectivity index (χ0) is 13.6. The fourth-order valence-electron chi connectivity index (χ4n) is 3.17. The van der Waals surface area contributed by atoms with Crippen LogP contribution in [0.1, 0.15) is 42.1 Å². The highest BCUT2D eigenvalue weighted by Crippen LogP contribution is 2.37. The van der Waals surface area contributed by atoms with Gasteiger partial charge in [-0.15, -0.1) is 0 Å². The van der Waals surface area contributed by atoms with Crippen LogP contribution < -0.4 is 5.32 Å². The molecule has 1 N–H and O–H groups in total. The van der Waals surface area contributed by atoms with E-state index >= 15 is 0 Å². The van der Waals surface area contributed by atoms with Crippen molar-refractivity contribution in [1.29, 1.82) is 0 Å². The van der Waals surface area contributed by atoms with Gasteiger partial charge in [0.1, 0.15) is 0 Å². The number of carbonyl (C=O) groups excluding carboxylic acids is 2. The van der Waals surface area contributed by atoms with Crippen LogP contribution in [0.4, 0.5) is 5.69 Å². The molecular formula is C15H16ClNO2. The first-order valence-corrected chi connectivity index (χ1v) is 7.10. The molecule has 1 heterocycles. The molecule has 2 unspecified atom stereocenters. The van der Waals surface area contributed by atoms with E-state index < -0.39 is 0 Å². The summed E-state index contributed by atoms with van der Waals surface area (Å²) in [6.45, 7) is 2.13. The van der Waals surface area contributed by atoms with E-state index in [9.17, 15) is 9.59 Å². The largest absolute Gasteiger partial charge is 0.325 e. The minimum atomic E-state index is -0.0371. The number of anilines is 1. The second-order valence-corrected chi connectivity index (χ2v) is 6.00. The number of amides is 1. The maximum atomic E-state index is 12.6. The van der Waals surface area contributed by atoms with E-state index in [0.717, 1.165) is 30.5 Å². The molecule has 100 valence electrons. The Morgan fingerprint density at radius 1 is 1.37 bits per heavy atom. The van der Waals surface area contributed by atoms with Crippen molar-refractivity contribution in [1.82, 2.24) is 0 Å². The molecule has 2 aliphatic rings. The Bertz CT molecular complexity index is 568. The molecular weight excluding hydrogens is 262 g/mol. The number of halogens is 1. The molecule has 1 aliphatic carbocycles. The Balaban J connectivity index is 1.95. The number of fused-ring (bicyclic) bond motifs is 1. The van der Waals surface area contributed by atoms with Crippen LogP contribution in [0.3, 0.4) is 0 Å². The molecule has 0 bridgehead atoms. The van der Waals surface area contributed by atoms with Crippen LogP contribution in [-0.4, -0.2) is 11.7 Å². The standard InChI is InChI=1S/C15H16ClNO2/c1-8-3-2-4-10(8)15(19)11-5-9-6-14(18)17-13(9)7-12(11)16/h5,7-8,10H,2-4,6H2,1H3,(H,17,18). The quantitative estimate of drug-likeness (QED) is 0.842. The summed E-state index contributed by atoms with van der Waals surface area (Å²) in [4.78, 5) is 23.9. The molecule has 1 fully saturated rings. The van der Waals surface area contributed by atoms with Crippen LogP contribution in [0.2, 0.25) is 5.02 Å². The number of benzene rings is 1. The maximum Gasteiger partial charge on any atom is 0.228 e. The van der Waals surface area contributed by atoms with Gasteiger partial charge in [-0.05, 0) is 36.5 Å². The molecule has 1 aliphatic heterocycles. The van der Waals surface area contributed by atoms with Crippen LogP contribution in [0.25, 0.3) is 0 Å². The van der Waals surface area contributed by atoms with E-state index in [1.165, 1.54) is 0 Å². The number of ketones is 1. The number of carbonyl (C=O) groups is 2. The summed E-state index contributed by atoms with van der Waals surface area (Å²) >= 11 is 6.20. The van der Waals surface area contributed by atoms with Crippen molar-refractivity contribution in [3.63, 3.8) is 0 Å². The van der Waals surface area contributed by atoms with Crippen molar-refractivity contribution in [3.8, 4) is 0 Å². The average molecular weight is 278 g/mol. The number of Topliss-reactive ketones (excluding diaryl/α,β-unsaturated/α-hetero) is 1. The summed E-state index contributed by atoms with van der Waals surface area (Å²) in [5.74, 6) is 0.610. The van der Waals surface area contributed by atoms with Crippen molar-refractivity contribution in [2.45, 2.75) is 32.6 Å². The molecule has 4 heteroatoms. The fourth-order valence-corrected chi connectivity index (χ4v) is 3.43. The van der Waals surface area contributed by atoms with Crippen LogP contribution in [0.15, 0.2) is 12.1 Å². The molecule has 3 nitrogen and oxygen atoms in total. The third-order valence-corrected chi connectivity index (χ3v) is 4.59. The molecule has 0 saturated heterocycles. The van der Waals surface area contributed by atoms with Crippen LogP contribution >= 0.6 is 11.6 Å². The molecule has 0 spiro atoms. The van der Waals surface area contributed by atoms with Crippen molar-refractivity contribution in [2.24, 2.45) is 11.8 Å². The number of rotatable bonds is 2. The van der Waals surface area contributed by atoms with E-state index in [1.807, 2.05) is 0 Å².